The molecule has 2 aromatic carbocycles. The Morgan fingerprint density at radius 3 is 2.39 bits per heavy atom. The number of benzene rings is 2. The van der Waals surface area contributed by atoms with Gasteiger partial charge in [0.2, 0.25) is 0 Å². The van der Waals surface area contributed by atoms with Crippen LogP contribution in [0.5, 0.6) is 5.75 Å². The van der Waals surface area contributed by atoms with Crippen molar-refractivity contribution in [1.29, 1.82) is 0 Å². The second-order valence-electron chi connectivity index (χ2n) is 3.77. The smallest absolute Gasteiger partial charge is 0.143 e. The molecule has 0 heterocycles. The van der Waals surface area contributed by atoms with Crippen LogP contribution in [0.15, 0.2) is 54.6 Å². The lowest BCUT2D eigenvalue weighted by Gasteiger charge is -2.07. The average molecular weight is 242 g/mol. The molecule has 0 aliphatic rings. The molecule has 0 saturated carbocycles. The number of phenolic OH excluding ortho intramolecular Hbond substituents is 1. The van der Waals surface area contributed by atoms with Gasteiger partial charge >= 0.3 is 0 Å². The fourth-order valence-corrected chi connectivity index (χ4v) is 1.73. The molecule has 3 heteroatoms. The highest BCUT2D eigenvalue weighted by atomic mass is 19.1. The van der Waals surface area contributed by atoms with Crippen LogP contribution in [-0.4, -0.2) is 11.4 Å². The number of phenols is 1. The molecule has 0 atom stereocenters. The molecule has 0 spiro atoms. The molecule has 2 aromatic rings. The third-order valence-electron chi connectivity index (χ3n) is 2.55. The number of allylic oxidation sites excluding steroid dienone is 1. The lowest BCUT2D eigenvalue weighted by Crippen LogP contribution is -1.89. The molecule has 0 amide bonds. The minimum atomic E-state index is -0.333. The number of carbonyl (C=O) groups is 1. The number of aromatic hydroxyl groups is 1. The van der Waals surface area contributed by atoms with Gasteiger partial charge in [0.1, 0.15) is 17.9 Å². The third-order valence-corrected chi connectivity index (χ3v) is 2.55. The maximum Gasteiger partial charge on any atom is 0.143 e. The summed E-state index contributed by atoms with van der Waals surface area (Å²) in [6, 6.07) is 12.4. The first-order valence-electron chi connectivity index (χ1n) is 5.41. The van der Waals surface area contributed by atoms with Crippen LogP contribution in [0.25, 0.3) is 5.57 Å². The maximum atomic E-state index is 12.9. The lowest BCUT2D eigenvalue weighted by molar-refractivity contribution is -0.104. The fraction of sp³-hybridized carbons (Fsp3) is 0. The summed E-state index contributed by atoms with van der Waals surface area (Å²) in [6.07, 6.45) is 2.06. The summed E-state index contributed by atoms with van der Waals surface area (Å²) in [6.45, 7) is 0. The van der Waals surface area contributed by atoms with Gasteiger partial charge in [-0.05, 0) is 47.0 Å². The Morgan fingerprint density at radius 2 is 1.78 bits per heavy atom. The number of hydrogen-bond donors (Lipinski definition) is 1. The highest BCUT2D eigenvalue weighted by Gasteiger charge is 2.05. The molecule has 0 aliphatic heterocycles. The van der Waals surface area contributed by atoms with Crippen molar-refractivity contribution in [2.45, 2.75) is 0 Å². The van der Waals surface area contributed by atoms with E-state index in [1.54, 1.807) is 36.4 Å². The summed E-state index contributed by atoms with van der Waals surface area (Å²) < 4.78 is 12.9. The van der Waals surface area contributed by atoms with Gasteiger partial charge in [0.05, 0.1) is 0 Å². The van der Waals surface area contributed by atoms with Gasteiger partial charge in [-0.25, -0.2) is 4.39 Å². The van der Waals surface area contributed by atoms with Gasteiger partial charge in [0.25, 0.3) is 0 Å². The average Bonchev–Trinajstić information content (AvgIpc) is 2.37. The van der Waals surface area contributed by atoms with Crippen molar-refractivity contribution >= 4 is 11.9 Å². The van der Waals surface area contributed by atoms with Crippen molar-refractivity contribution in [3.05, 3.63) is 71.6 Å². The highest BCUT2D eigenvalue weighted by Crippen LogP contribution is 2.25. The van der Waals surface area contributed by atoms with E-state index < -0.39 is 0 Å². The van der Waals surface area contributed by atoms with E-state index in [-0.39, 0.29) is 11.6 Å². The van der Waals surface area contributed by atoms with Crippen LogP contribution in [0.4, 0.5) is 4.39 Å². The van der Waals surface area contributed by atoms with Gasteiger partial charge in [-0.3, -0.25) is 4.79 Å². The van der Waals surface area contributed by atoms with E-state index in [0.717, 1.165) is 0 Å². The third kappa shape index (κ3) is 2.63. The molecule has 1 N–H and O–H groups in total. The molecule has 0 aliphatic carbocycles. The SMILES string of the molecule is O=C/C=C(\c1ccc(F)cc1)c1cccc(O)c1. The Bertz CT molecular complexity index is 586. The van der Waals surface area contributed by atoms with Gasteiger partial charge in [0.15, 0.2) is 0 Å². The second kappa shape index (κ2) is 5.27. The molecule has 18 heavy (non-hydrogen) atoms. The molecule has 0 unspecified atom stereocenters. The Balaban J connectivity index is 2.50. The van der Waals surface area contributed by atoms with Crippen molar-refractivity contribution in [2.75, 3.05) is 0 Å². The zero-order valence-corrected chi connectivity index (χ0v) is 9.51. The molecule has 0 radical (unpaired) electrons. The molecular formula is C15H11FO2. The summed E-state index contributed by atoms with van der Waals surface area (Å²) in [5, 5.41) is 9.45. The van der Waals surface area contributed by atoms with Crippen LogP contribution in [0.1, 0.15) is 11.1 Å². The largest absolute Gasteiger partial charge is 0.508 e. The topological polar surface area (TPSA) is 37.3 Å². The van der Waals surface area contributed by atoms with Crippen molar-refractivity contribution in [1.82, 2.24) is 0 Å². The molecule has 2 rings (SSSR count). The minimum Gasteiger partial charge on any atom is -0.508 e. The van der Waals surface area contributed by atoms with Crippen LogP contribution in [0, 0.1) is 5.82 Å². The number of halogens is 1. The lowest BCUT2D eigenvalue weighted by atomic mass is 9.97. The van der Waals surface area contributed by atoms with Gasteiger partial charge in [0, 0.05) is 0 Å². The Kier molecular flexibility index (Phi) is 3.53. The zero-order chi connectivity index (χ0) is 13.0. The Morgan fingerprint density at radius 1 is 1.06 bits per heavy atom. The monoisotopic (exact) mass is 242 g/mol. The van der Waals surface area contributed by atoms with Crippen LogP contribution >= 0.6 is 0 Å². The predicted molar refractivity (Wildman–Crippen MR) is 67.6 cm³/mol. The van der Waals surface area contributed by atoms with E-state index >= 15 is 0 Å². The first-order chi connectivity index (χ1) is 8.70. The molecular weight excluding hydrogens is 231 g/mol. The summed E-state index contributed by atoms with van der Waals surface area (Å²) in [7, 11) is 0. The van der Waals surface area contributed by atoms with Crippen molar-refractivity contribution < 1.29 is 14.3 Å². The molecule has 90 valence electrons. The van der Waals surface area contributed by atoms with E-state index in [0.29, 0.717) is 23.0 Å². The van der Waals surface area contributed by atoms with Crippen LogP contribution < -0.4 is 0 Å². The number of carbonyl (C=O) groups excluding carboxylic acids is 1. The molecule has 2 nitrogen and oxygen atoms in total. The first kappa shape index (κ1) is 12.0. The summed E-state index contributed by atoms with van der Waals surface area (Å²) in [5.74, 6) is -0.216. The summed E-state index contributed by atoms with van der Waals surface area (Å²) >= 11 is 0. The van der Waals surface area contributed by atoms with Crippen LogP contribution in [0.2, 0.25) is 0 Å². The fourth-order valence-electron chi connectivity index (χ4n) is 1.73. The minimum absolute atomic E-state index is 0.117. The van der Waals surface area contributed by atoms with Crippen molar-refractivity contribution in [2.24, 2.45) is 0 Å². The van der Waals surface area contributed by atoms with Crippen molar-refractivity contribution in [3.63, 3.8) is 0 Å². The summed E-state index contributed by atoms with van der Waals surface area (Å²) in [5.41, 5.74) is 2.06. The molecule has 0 aromatic heterocycles. The Labute approximate surface area is 104 Å². The van der Waals surface area contributed by atoms with Crippen LogP contribution in [0.3, 0.4) is 0 Å². The highest BCUT2D eigenvalue weighted by molar-refractivity contribution is 5.89. The van der Waals surface area contributed by atoms with Gasteiger partial charge in [-0.1, -0.05) is 24.3 Å². The second-order valence-corrected chi connectivity index (χ2v) is 3.77. The number of hydrogen-bond acceptors (Lipinski definition) is 2. The van der Waals surface area contributed by atoms with E-state index in [1.807, 2.05) is 0 Å². The first-order valence-corrected chi connectivity index (χ1v) is 5.41. The van der Waals surface area contributed by atoms with Crippen LogP contribution in [-0.2, 0) is 4.79 Å². The van der Waals surface area contributed by atoms with Crippen molar-refractivity contribution in [3.8, 4) is 5.75 Å². The quantitative estimate of drug-likeness (QED) is 0.663. The standard InChI is InChI=1S/C15H11FO2/c16-13-6-4-11(5-7-13)15(8-9-17)12-2-1-3-14(18)10-12/h1-10,18H/b15-8+. The van der Waals surface area contributed by atoms with Gasteiger partial charge in [-0.15, -0.1) is 0 Å². The Hall–Kier alpha value is -2.42. The molecule has 0 fully saturated rings. The number of rotatable bonds is 3. The van der Waals surface area contributed by atoms with Gasteiger partial charge in [-0.2, -0.15) is 0 Å². The van der Waals surface area contributed by atoms with E-state index in [4.69, 9.17) is 0 Å². The van der Waals surface area contributed by atoms with E-state index in [9.17, 15) is 14.3 Å². The zero-order valence-electron chi connectivity index (χ0n) is 9.51. The summed E-state index contributed by atoms with van der Waals surface area (Å²) in [4.78, 5) is 10.7. The van der Waals surface area contributed by atoms with E-state index in [1.165, 1.54) is 18.2 Å². The number of aldehydes is 1. The predicted octanol–water partition coefficient (Wildman–Crippen LogP) is 3.16. The maximum absolute atomic E-state index is 12.9. The van der Waals surface area contributed by atoms with Gasteiger partial charge < -0.3 is 5.11 Å². The van der Waals surface area contributed by atoms with E-state index in [2.05, 4.69) is 0 Å². The normalized spacial score (nSPS) is 11.3. The molecule has 0 saturated heterocycles. The molecule has 0 bridgehead atoms.